The van der Waals surface area contributed by atoms with E-state index in [1.807, 2.05) is 17.9 Å². The van der Waals surface area contributed by atoms with Crippen LogP contribution in [-0.2, 0) is 16.0 Å². The molecule has 1 amide bonds. The number of hydrogen-bond acceptors (Lipinski definition) is 2. The van der Waals surface area contributed by atoms with Gasteiger partial charge in [0, 0.05) is 42.8 Å². The minimum absolute atomic E-state index is 0.121. The molecule has 4 heteroatoms. The number of carbonyl (C=O) groups excluding carboxylic acids is 1. The number of rotatable bonds is 5. The van der Waals surface area contributed by atoms with E-state index in [1.54, 1.807) is 0 Å². The molecule has 0 aliphatic carbocycles. The number of aromatic amines is 1. The summed E-state index contributed by atoms with van der Waals surface area (Å²) in [5.74, 6) is 0.233. The van der Waals surface area contributed by atoms with Gasteiger partial charge in [0.15, 0.2) is 0 Å². The zero-order chi connectivity index (χ0) is 15.5. The molecule has 0 fully saturated rings. The van der Waals surface area contributed by atoms with Crippen molar-refractivity contribution in [2.45, 2.75) is 39.2 Å². The summed E-state index contributed by atoms with van der Waals surface area (Å²) in [7, 11) is 0. The van der Waals surface area contributed by atoms with Crippen molar-refractivity contribution in [3.05, 3.63) is 35.5 Å². The lowest BCUT2D eigenvalue weighted by molar-refractivity contribution is -0.134. The molecule has 2 heterocycles. The van der Waals surface area contributed by atoms with Crippen LogP contribution in [0.3, 0.4) is 0 Å². The van der Waals surface area contributed by atoms with E-state index in [2.05, 4.69) is 30.1 Å². The van der Waals surface area contributed by atoms with Gasteiger partial charge < -0.3 is 14.6 Å². The molecule has 1 aromatic carbocycles. The number of nitrogens with one attached hydrogen (secondary N) is 1. The zero-order valence-electron chi connectivity index (χ0n) is 13.4. The van der Waals surface area contributed by atoms with Gasteiger partial charge in [0.2, 0.25) is 5.91 Å². The van der Waals surface area contributed by atoms with Crippen molar-refractivity contribution in [2.75, 3.05) is 19.8 Å². The van der Waals surface area contributed by atoms with Gasteiger partial charge in [-0.3, -0.25) is 4.79 Å². The Morgan fingerprint density at radius 2 is 2.23 bits per heavy atom. The molecule has 1 aliphatic heterocycles. The molecular formula is C18H24N2O2. The van der Waals surface area contributed by atoms with Gasteiger partial charge in [-0.2, -0.15) is 0 Å². The Bertz CT molecular complexity index is 662. The van der Waals surface area contributed by atoms with Crippen LogP contribution in [-0.4, -0.2) is 35.5 Å². The second kappa shape index (κ2) is 6.53. The first-order valence-corrected chi connectivity index (χ1v) is 8.19. The minimum Gasteiger partial charge on any atom is -0.382 e. The van der Waals surface area contributed by atoms with Crippen molar-refractivity contribution >= 4 is 16.8 Å². The topological polar surface area (TPSA) is 45.3 Å². The number of fused-ring (bicyclic) bond motifs is 3. The maximum Gasteiger partial charge on any atom is 0.223 e. The molecule has 2 aromatic rings. The number of ether oxygens (including phenoxy) is 1. The highest BCUT2D eigenvalue weighted by Crippen LogP contribution is 2.34. The van der Waals surface area contributed by atoms with Crippen molar-refractivity contribution in [1.29, 1.82) is 0 Å². The second-order valence-electron chi connectivity index (χ2n) is 5.88. The van der Waals surface area contributed by atoms with E-state index in [-0.39, 0.29) is 11.9 Å². The third kappa shape index (κ3) is 2.75. The van der Waals surface area contributed by atoms with Crippen LogP contribution in [0.15, 0.2) is 24.3 Å². The maximum atomic E-state index is 12.5. The van der Waals surface area contributed by atoms with Gasteiger partial charge in [0.1, 0.15) is 0 Å². The average molecular weight is 300 g/mol. The van der Waals surface area contributed by atoms with E-state index in [0.29, 0.717) is 19.6 Å². The third-order valence-corrected chi connectivity index (χ3v) is 4.54. The van der Waals surface area contributed by atoms with Gasteiger partial charge in [-0.15, -0.1) is 0 Å². The number of aromatic nitrogens is 1. The summed E-state index contributed by atoms with van der Waals surface area (Å²) in [5, 5.41) is 1.30. The van der Waals surface area contributed by atoms with E-state index in [4.69, 9.17) is 4.74 Å². The number of H-pyrrole nitrogens is 1. The number of para-hydroxylation sites is 1. The number of nitrogens with zero attached hydrogens (tertiary/aromatic N) is 1. The molecule has 3 rings (SSSR count). The molecule has 0 radical (unpaired) electrons. The summed E-state index contributed by atoms with van der Waals surface area (Å²) < 4.78 is 5.32. The van der Waals surface area contributed by atoms with Gasteiger partial charge in [-0.05, 0) is 38.3 Å². The number of carbonyl (C=O) groups is 1. The molecule has 0 saturated carbocycles. The fraction of sp³-hybridized carbons (Fsp3) is 0.500. The Kier molecular flexibility index (Phi) is 4.48. The molecule has 1 aromatic heterocycles. The SMILES string of the molecule is CCOCCCC(=O)N1CCc2c([nH]c3ccccc23)[C@@H]1C. The summed E-state index contributed by atoms with van der Waals surface area (Å²) >= 11 is 0. The number of benzene rings is 1. The molecule has 0 spiro atoms. The van der Waals surface area contributed by atoms with Crippen LogP contribution < -0.4 is 0 Å². The van der Waals surface area contributed by atoms with Crippen LogP contribution >= 0.6 is 0 Å². The predicted molar refractivity (Wildman–Crippen MR) is 87.9 cm³/mol. The lowest BCUT2D eigenvalue weighted by atomic mass is 9.98. The summed E-state index contributed by atoms with van der Waals surface area (Å²) in [6.07, 6.45) is 2.30. The highest BCUT2D eigenvalue weighted by atomic mass is 16.5. The van der Waals surface area contributed by atoms with E-state index >= 15 is 0 Å². The standard InChI is InChI=1S/C18H24N2O2/c1-3-22-12-6-9-17(21)20-11-10-15-14-7-4-5-8-16(14)19-18(15)13(20)2/h4-5,7-8,13,19H,3,6,9-12H2,1-2H3/t13-/m0/s1. The molecule has 0 unspecified atom stereocenters. The Balaban J connectivity index is 1.73. The molecule has 4 nitrogen and oxygen atoms in total. The number of amides is 1. The minimum atomic E-state index is 0.121. The van der Waals surface area contributed by atoms with Crippen molar-refractivity contribution in [3.63, 3.8) is 0 Å². The van der Waals surface area contributed by atoms with Crippen molar-refractivity contribution in [2.24, 2.45) is 0 Å². The van der Waals surface area contributed by atoms with Crippen LogP contribution in [0.25, 0.3) is 10.9 Å². The molecule has 0 saturated heterocycles. The van der Waals surface area contributed by atoms with Crippen molar-refractivity contribution in [1.82, 2.24) is 9.88 Å². The van der Waals surface area contributed by atoms with Crippen LogP contribution in [0.5, 0.6) is 0 Å². The Labute approximate surface area is 131 Å². The Morgan fingerprint density at radius 1 is 1.41 bits per heavy atom. The van der Waals surface area contributed by atoms with E-state index in [1.165, 1.54) is 22.2 Å². The molecule has 118 valence electrons. The summed E-state index contributed by atoms with van der Waals surface area (Å²) in [6.45, 7) is 6.29. The first-order chi connectivity index (χ1) is 10.7. The fourth-order valence-electron chi connectivity index (χ4n) is 3.38. The van der Waals surface area contributed by atoms with Gasteiger partial charge in [0.05, 0.1) is 6.04 Å². The van der Waals surface area contributed by atoms with Gasteiger partial charge in [0.25, 0.3) is 0 Å². The third-order valence-electron chi connectivity index (χ3n) is 4.54. The summed E-state index contributed by atoms with van der Waals surface area (Å²) in [5.41, 5.74) is 3.75. The van der Waals surface area contributed by atoms with E-state index < -0.39 is 0 Å². The van der Waals surface area contributed by atoms with E-state index in [9.17, 15) is 4.79 Å². The Hall–Kier alpha value is -1.81. The molecule has 1 atom stereocenters. The zero-order valence-corrected chi connectivity index (χ0v) is 13.4. The van der Waals surface area contributed by atoms with Crippen LogP contribution in [0.2, 0.25) is 0 Å². The fourth-order valence-corrected chi connectivity index (χ4v) is 3.38. The maximum absolute atomic E-state index is 12.5. The quantitative estimate of drug-likeness (QED) is 0.860. The van der Waals surface area contributed by atoms with Gasteiger partial charge in [-0.1, -0.05) is 18.2 Å². The molecular weight excluding hydrogens is 276 g/mol. The van der Waals surface area contributed by atoms with E-state index in [0.717, 1.165) is 19.4 Å². The summed E-state index contributed by atoms with van der Waals surface area (Å²) in [6, 6.07) is 8.51. The van der Waals surface area contributed by atoms with Crippen LogP contribution in [0.4, 0.5) is 0 Å². The highest BCUT2D eigenvalue weighted by molar-refractivity contribution is 5.86. The summed E-state index contributed by atoms with van der Waals surface area (Å²) in [4.78, 5) is 18.0. The van der Waals surface area contributed by atoms with Crippen molar-refractivity contribution in [3.8, 4) is 0 Å². The monoisotopic (exact) mass is 300 g/mol. The molecule has 1 aliphatic rings. The highest BCUT2D eigenvalue weighted by Gasteiger charge is 2.29. The smallest absolute Gasteiger partial charge is 0.223 e. The molecule has 1 N–H and O–H groups in total. The van der Waals surface area contributed by atoms with Gasteiger partial charge in [-0.25, -0.2) is 0 Å². The van der Waals surface area contributed by atoms with Crippen LogP contribution in [0, 0.1) is 0 Å². The first-order valence-electron chi connectivity index (χ1n) is 8.19. The predicted octanol–water partition coefficient (Wildman–Crippen LogP) is 3.43. The Morgan fingerprint density at radius 3 is 3.05 bits per heavy atom. The lowest BCUT2D eigenvalue weighted by Crippen LogP contribution is -2.38. The molecule has 0 bridgehead atoms. The normalized spacial score (nSPS) is 17.7. The van der Waals surface area contributed by atoms with Gasteiger partial charge >= 0.3 is 0 Å². The second-order valence-corrected chi connectivity index (χ2v) is 5.88. The molecule has 22 heavy (non-hydrogen) atoms. The first kappa shape index (κ1) is 15.1. The lowest BCUT2D eigenvalue weighted by Gasteiger charge is -2.33. The largest absolute Gasteiger partial charge is 0.382 e. The number of hydrogen-bond donors (Lipinski definition) is 1. The average Bonchev–Trinajstić information content (AvgIpc) is 2.91. The van der Waals surface area contributed by atoms with Crippen molar-refractivity contribution < 1.29 is 9.53 Å². The van der Waals surface area contributed by atoms with Crippen LogP contribution in [0.1, 0.15) is 44.0 Å².